The number of phosphoric ester groups is 1. The minimum Gasteiger partial charge on any atom is -0.387 e. The summed E-state index contributed by atoms with van der Waals surface area (Å²) in [7, 11) is -9.97. The van der Waals surface area contributed by atoms with Crippen molar-refractivity contribution in [1.29, 1.82) is 0 Å². The molecule has 21 heteroatoms. The van der Waals surface area contributed by atoms with Crippen molar-refractivity contribution in [3.63, 3.8) is 0 Å². The third-order valence-corrected chi connectivity index (χ3v) is 7.07. The molecule has 1 fully saturated rings. The lowest BCUT2D eigenvalue weighted by Gasteiger charge is -2.19. The third-order valence-electron chi connectivity index (χ3n) is 4.26. The summed E-state index contributed by atoms with van der Waals surface area (Å²) in [4.78, 5) is 43.6. The van der Waals surface area contributed by atoms with E-state index in [1.54, 1.807) is 0 Å². The van der Waals surface area contributed by atoms with Gasteiger partial charge in [0.2, 0.25) is 5.95 Å². The molecule has 1 aliphatic rings. The van der Waals surface area contributed by atoms with Gasteiger partial charge in [-0.3, -0.25) is 18.9 Å². The summed E-state index contributed by atoms with van der Waals surface area (Å²) in [5, 5.41) is 25.5. The maximum Gasteiger partial charge on any atom is 0.480 e. The minimum absolute atomic E-state index is 0.0572. The zero-order valence-corrected chi connectivity index (χ0v) is 18.2. The number of phosphoric acid groups is 1. The third kappa shape index (κ3) is 5.94. The second-order valence-corrected chi connectivity index (χ2v) is 9.76. The van der Waals surface area contributed by atoms with E-state index < -0.39 is 52.3 Å². The highest BCUT2D eigenvalue weighted by Crippen LogP contribution is 2.57. The molecule has 0 aliphatic carbocycles. The Morgan fingerprint density at radius 1 is 1.39 bits per heavy atom. The predicted octanol–water partition coefficient (Wildman–Crippen LogP) is -1.55. The molecular formula is C12H19N9O10P2. The Balaban J connectivity index is 1.66. The van der Waals surface area contributed by atoms with Crippen LogP contribution in [0.2, 0.25) is 0 Å². The zero-order chi connectivity index (χ0) is 24.4. The Morgan fingerprint density at radius 3 is 2.82 bits per heavy atom. The van der Waals surface area contributed by atoms with E-state index >= 15 is 0 Å². The fraction of sp³-hybridized carbons (Fsp3) is 0.583. The number of rotatable bonds is 10. The normalized spacial score (nSPS) is 26.5. The summed E-state index contributed by atoms with van der Waals surface area (Å²) in [6.07, 6.45) is -4.88. The van der Waals surface area contributed by atoms with Crippen LogP contribution in [0, 0.1) is 0 Å². The van der Waals surface area contributed by atoms with Gasteiger partial charge in [-0.25, -0.2) is 19.2 Å². The van der Waals surface area contributed by atoms with E-state index in [1.165, 1.54) is 0 Å². The van der Waals surface area contributed by atoms with Crippen LogP contribution in [0.15, 0.2) is 16.2 Å². The van der Waals surface area contributed by atoms with Crippen molar-refractivity contribution in [3.8, 4) is 0 Å². The molecule has 182 valence electrons. The standard InChI is InChI=1S/C12H19N9O10P2/c13-12-18-9-6(10(24)19-12)15-4-21(9)11-8(23)7(22)5(30-11)3-29-33(27,28)31-32(25,26)17-2-1-16-20-14/h4-5,7-8,11,22-23H,1-3H2,(H,27,28)(H2,17,25,26)(H3,13,18,19,24)/t5-,7?,8+,11-/m1/s1. The average molecular weight is 511 g/mol. The fourth-order valence-corrected chi connectivity index (χ4v) is 5.13. The molecule has 3 unspecified atom stereocenters. The lowest BCUT2D eigenvalue weighted by molar-refractivity contribution is -0.0502. The number of imidazole rings is 1. The topological polar surface area (TPSA) is 293 Å². The average Bonchev–Trinajstić information content (AvgIpc) is 3.25. The summed E-state index contributed by atoms with van der Waals surface area (Å²) in [5.41, 5.74) is 12.8. The molecule has 3 rings (SSSR count). The number of nitrogens with zero attached hydrogens (tertiary/aromatic N) is 6. The second-order valence-electron chi connectivity index (χ2n) is 6.55. The van der Waals surface area contributed by atoms with Crippen molar-refractivity contribution >= 4 is 32.7 Å². The van der Waals surface area contributed by atoms with Gasteiger partial charge in [0.1, 0.15) is 18.3 Å². The van der Waals surface area contributed by atoms with Crippen molar-refractivity contribution in [2.45, 2.75) is 24.5 Å². The lowest BCUT2D eigenvalue weighted by atomic mass is 10.1. The Kier molecular flexibility index (Phi) is 7.52. The van der Waals surface area contributed by atoms with Crippen LogP contribution >= 0.6 is 15.6 Å². The number of H-pyrrole nitrogens is 1. The monoisotopic (exact) mass is 511 g/mol. The molecule has 0 radical (unpaired) electrons. The smallest absolute Gasteiger partial charge is 0.387 e. The summed E-state index contributed by atoms with van der Waals surface area (Å²) in [5.74, 6) is -0.234. The highest BCUT2D eigenvalue weighted by molar-refractivity contribution is 7.62. The Morgan fingerprint density at radius 2 is 2.12 bits per heavy atom. The molecule has 19 nitrogen and oxygen atoms in total. The molecule has 0 saturated carbocycles. The van der Waals surface area contributed by atoms with E-state index in [1.807, 2.05) is 5.09 Å². The van der Waals surface area contributed by atoms with Gasteiger partial charge in [-0.1, -0.05) is 5.11 Å². The molecule has 0 bridgehead atoms. The van der Waals surface area contributed by atoms with Crippen LogP contribution in [0.1, 0.15) is 6.23 Å². The van der Waals surface area contributed by atoms with E-state index in [-0.39, 0.29) is 30.2 Å². The van der Waals surface area contributed by atoms with Gasteiger partial charge in [0.05, 0.1) is 12.9 Å². The summed E-state index contributed by atoms with van der Waals surface area (Å²) in [6.45, 7) is -1.42. The number of aromatic nitrogens is 4. The summed E-state index contributed by atoms with van der Waals surface area (Å²) < 4.78 is 39.2. The molecule has 8 N–H and O–H groups in total. The minimum atomic E-state index is -5.15. The maximum absolute atomic E-state index is 12.0. The van der Waals surface area contributed by atoms with Crippen molar-refractivity contribution in [1.82, 2.24) is 24.6 Å². The number of ether oxygens (including phenoxy) is 1. The van der Waals surface area contributed by atoms with Gasteiger partial charge in [0.15, 0.2) is 17.4 Å². The first-order valence-electron chi connectivity index (χ1n) is 8.95. The first kappa shape index (κ1) is 25.2. The number of hydrogen-bond donors (Lipinski definition) is 7. The lowest BCUT2D eigenvalue weighted by Crippen LogP contribution is -2.33. The number of hydrogen-bond acceptors (Lipinski definition) is 12. The molecule has 0 spiro atoms. The van der Waals surface area contributed by atoms with Crippen LogP contribution in [-0.4, -0.2) is 77.5 Å². The fourth-order valence-electron chi connectivity index (χ4n) is 2.87. The summed E-state index contributed by atoms with van der Waals surface area (Å²) in [6, 6.07) is 0. The predicted molar refractivity (Wildman–Crippen MR) is 107 cm³/mol. The molecule has 0 aromatic carbocycles. The van der Waals surface area contributed by atoms with Crippen molar-refractivity contribution < 1.29 is 42.7 Å². The molecule has 1 saturated heterocycles. The van der Waals surface area contributed by atoms with Gasteiger partial charge in [0.25, 0.3) is 5.56 Å². The van der Waals surface area contributed by atoms with E-state index in [0.29, 0.717) is 0 Å². The van der Waals surface area contributed by atoms with Gasteiger partial charge in [-0.15, -0.1) is 0 Å². The Hall–Kier alpha value is -2.40. The highest BCUT2D eigenvalue weighted by Gasteiger charge is 2.46. The second kappa shape index (κ2) is 9.84. The molecule has 0 amide bonds. The van der Waals surface area contributed by atoms with Crippen molar-refractivity contribution in [2.75, 3.05) is 25.4 Å². The van der Waals surface area contributed by atoms with E-state index in [0.717, 1.165) is 10.9 Å². The van der Waals surface area contributed by atoms with Crippen molar-refractivity contribution in [2.24, 2.45) is 5.11 Å². The van der Waals surface area contributed by atoms with Crippen LogP contribution in [0.25, 0.3) is 21.6 Å². The SMILES string of the molecule is [N-]=[N+]=NCCNP(=O)(O)OP(=O)(O)OC[C@H]1O[C@@H](n2cnc3c(=O)[nH]c(N)nc32)[C@@H](O)C1O. The van der Waals surface area contributed by atoms with Gasteiger partial charge >= 0.3 is 15.6 Å². The molecule has 2 aromatic heterocycles. The van der Waals surface area contributed by atoms with Gasteiger partial charge < -0.3 is 30.5 Å². The Labute approximate surface area is 183 Å². The largest absolute Gasteiger partial charge is 0.480 e. The number of azide groups is 1. The van der Waals surface area contributed by atoms with Gasteiger partial charge in [0, 0.05) is 18.0 Å². The van der Waals surface area contributed by atoms with Crippen LogP contribution in [0.3, 0.4) is 0 Å². The van der Waals surface area contributed by atoms with Crippen LogP contribution in [0.5, 0.6) is 0 Å². The first-order valence-corrected chi connectivity index (χ1v) is 12.0. The number of aromatic amines is 1. The summed E-state index contributed by atoms with van der Waals surface area (Å²) >= 11 is 0. The number of nitrogens with one attached hydrogen (secondary N) is 2. The number of nitrogen functional groups attached to an aromatic ring is 1. The maximum atomic E-state index is 12.0. The molecule has 33 heavy (non-hydrogen) atoms. The number of fused-ring (bicyclic) bond motifs is 1. The number of nitrogens with two attached hydrogens (primary N) is 1. The van der Waals surface area contributed by atoms with E-state index in [2.05, 4.69) is 33.8 Å². The number of aliphatic hydroxyl groups excluding tert-OH is 2. The highest BCUT2D eigenvalue weighted by atomic mass is 31.3. The van der Waals surface area contributed by atoms with Crippen LogP contribution < -0.4 is 16.4 Å². The number of aliphatic hydroxyl groups is 2. The molecule has 3 heterocycles. The zero-order valence-electron chi connectivity index (χ0n) is 16.4. The Bertz CT molecular complexity index is 1210. The van der Waals surface area contributed by atoms with Crippen LogP contribution in [-0.2, 0) is 22.7 Å². The van der Waals surface area contributed by atoms with E-state index in [9.17, 15) is 33.9 Å². The van der Waals surface area contributed by atoms with Gasteiger partial charge in [-0.05, 0) is 5.53 Å². The molecule has 1 aliphatic heterocycles. The van der Waals surface area contributed by atoms with E-state index in [4.69, 9.17) is 16.0 Å². The van der Waals surface area contributed by atoms with Crippen molar-refractivity contribution in [3.05, 3.63) is 27.1 Å². The van der Waals surface area contributed by atoms with Crippen LogP contribution in [0.4, 0.5) is 5.95 Å². The first-order chi connectivity index (χ1) is 15.4. The quantitative estimate of drug-likeness (QED) is 0.0625. The molecule has 6 atom stereocenters. The number of anilines is 1. The van der Waals surface area contributed by atoms with Gasteiger partial charge in [-0.2, -0.15) is 9.29 Å². The molecular weight excluding hydrogens is 492 g/mol. The molecule has 2 aromatic rings.